The molecule has 0 radical (unpaired) electrons. The molecule has 0 unspecified atom stereocenters. The SMILES string of the molecule is CC1(C)C=CC=C2C=c3oc(Br)cc3=C21. The van der Waals surface area contributed by atoms with Gasteiger partial charge >= 0.3 is 0 Å². The maximum Gasteiger partial charge on any atom is 0.170 e. The Bertz CT molecular complexity index is 611. The van der Waals surface area contributed by atoms with Crippen LogP contribution in [0.3, 0.4) is 0 Å². The summed E-state index contributed by atoms with van der Waals surface area (Å²) in [6.07, 6.45) is 8.61. The topological polar surface area (TPSA) is 13.1 Å². The van der Waals surface area contributed by atoms with Crippen molar-refractivity contribution >= 4 is 27.6 Å². The molecule has 0 saturated carbocycles. The molecule has 15 heavy (non-hydrogen) atoms. The summed E-state index contributed by atoms with van der Waals surface area (Å²) in [4.78, 5) is 0. The smallest absolute Gasteiger partial charge is 0.170 e. The maximum atomic E-state index is 5.58. The van der Waals surface area contributed by atoms with Gasteiger partial charge in [-0.05, 0) is 39.2 Å². The molecule has 0 saturated heterocycles. The van der Waals surface area contributed by atoms with Gasteiger partial charge in [0.15, 0.2) is 4.67 Å². The van der Waals surface area contributed by atoms with E-state index in [1.807, 2.05) is 0 Å². The first kappa shape index (κ1) is 9.22. The summed E-state index contributed by atoms with van der Waals surface area (Å²) in [5.41, 5.74) is 3.72. The van der Waals surface area contributed by atoms with Crippen LogP contribution in [0.4, 0.5) is 0 Å². The Hall–Kier alpha value is -1.02. The first-order valence-corrected chi connectivity index (χ1v) is 5.79. The standard InChI is InChI=1S/C13H11BrO/c1-13(2)5-3-4-8-6-10-9(12(8)13)7-11(14)15-10/h3-7H,1-2H3. The molecule has 0 bridgehead atoms. The lowest BCUT2D eigenvalue weighted by molar-refractivity contribution is 0.507. The number of hydrogen-bond donors (Lipinski definition) is 0. The second-order valence-electron chi connectivity index (χ2n) is 4.55. The van der Waals surface area contributed by atoms with E-state index in [-0.39, 0.29) is 5.41 Å². The van der Waals surface area contributed by atoms with E-state index in [9.17, 15) is 0 Å². The normalized spacial score (nSPS) is 20.7. The van der Waals surface area contributed by atoms with Gasteiger partial charge in [-0.15, -0.1) is 0 Å². The summed E-state index contributed by atoms with van der Waals surface area (Å²) in [6.45, 7) is 4.46. The number of hydrogen-bond acceptors (Lipinski definition) is 1. The summed E-state index contributed by atoms with van der Waals surface area (Å²) in [5.74, 6) is 0. The molecule has 0 aliphatic heterocycles. The first-order chi connectivity index (χ1) is 7.08. The van der Waals surface area contributed by atoms with Crippen molar-refractivity contribution in [3.05, 3.63) is 45.2 Å². The molecule has 0 aromatic carbocycles. The van der Waals surface area contributed by atoms with E-state index in [0.717, 1.165) is 10.1 Å². The third-order valence-corrected chi connectivity index (χ3v) is 3.40. The number of rotatable bonds is 0. The van der Waals surface area contributed by atoms with Gasteiger partial charge in [0.2, 0.25) is 0 Å². The van der Waals surface area contributed by atoms with Crippen LogP contribution in [0.5, 0.6) is 0 Å². The Balaban J connectivity index is 2.44. The van der Waals surface area contributed by atoms with Gasteiger partial charge < -0.3 is 4.42 Å². The second-order valence-corrected chi connectivity index (χ2v) is 5.33. The predicted octanol–water partition coefficient (Wildman–Crippen LogP) is 2.51. The lowest BCUT2D eigenvalue weighted by Crippen LogP contribution is -2.24. The molecule has 3 rings (SSSR count). The van der Waals surface area contributed by atoms with Crippen LogP contribution in [0.2, 0.25) is 0 Å². The molecule has 2 aliphatic carbocycles. The van der Waals surface area contributed by atoms with Crippen LogP contribution >= 0.6 is 15.9 Å². The molecular formula is C13H11BrO. The van der Waals surface area contributed by atoms with Crippen LogP contribution in [0.15, 0.2) is 39.0 Å². The predicted molar refractivity (Wildman–Crippen MR) is 64.5 cm³/mol. The van der Waals surface area contributed by atoms with Crippen molar-refractivity contribution in [2.75, 3.05) is 0 Å². The molecule has 0 spiro atoms. The summed E-state index contributed by atoms with van der Waals surface area (Å²) in [6, 6.07) is 2.06. The summed E-state index contributed by atoms with van der Waals surface area (Å²) < 4.78 is 6.39. The molecule has 2 heteroatoms. The van der Waals surface area contributed by atoms with Gasteiger partial charge in [-0.1, -0.05) is 32.1 Å². The molecule has 0 fully saturated rings. The molecule has 0 N–H and O–H groups in total. The van der Waals surface area contributed by atoms with Crippen molar-refractivity contribution in [3.63, 3.8) is 0 Å². The molecular weight excluding hydrogens is 252 g/mol. The summed E-state index contributed by atoms with van der Waals surface area (Å²) in [5, 5.41) is 1.22. The first-order valence-electron chi connectivity index (χ1n) is 5.00. The molecule has 1 aromatic rings. The van der Waals surface area contributed by atoms with Crippen LogP contribution in [-0.2, 0) is 0 Å². The van der Waals surface area contributed by atoms with Crippen LogP contribution in [0.25, 0.3) is 11.6 Å². The van der Waals surface area contributed by atoms with Gasteiger partial charge in [0.05, 0.1) is 0 Å². The lowest BCUT2D eigenvalue weighted by Gasteiger charge is -2.26. The van der Waals surface area contributed by atoms with E-state index in [4.69, 9.17) is 4.42 Å². The number of halogens is 1. The zero-order valence-electron chi connectivity index (χ0n) is 8.67. The van der Waals surface area contributed by atoms with Gasteiger partial charge in [0.25, 0.3) is 0 Å². The third-order valence-electron chi connectivity index (χ3n) is 3.01. The average molecular weight is 263 g/mol. The van der Waals surface area contributed by atoms with Crippen molar-refractivity contribution in [1.82, 2.24) is 0 Å². The highest BCUT2D eigenvalue weighted by molar-refractivity contribution is 9.10. The van der Waals surface area contributed by atoms with E-state index in [2.05, 4.69) is 60.1 Å². The zero-order valence-corrected chi connectivity index (χ0v) is 10.3. The Kier molecular flexibility index (Phi) is 1.70. The molecule has 2 aliphatic rings. The largest absolute Gasteiger partial charge is 0.449 e. The highest BCUT2D eigenvalue weighted by atomic mass is 79.9. The lowest BCUT2D eigenvalue weighted by atomic mass is 9.77. The molecule has 1 aromatic heterocycles. The minimum atomic E-state index is 0.0924. The van der Waals surface area contributed by atoms with E-state index >= 15 is 0 Å². The van der Waals surface area contributed by atoms with Gasteiger partial charge in [0, 0.05) is 10.6 Å². The fourth-order valence-corrected chi connectivity index (χ4v) is 2.78. The Morgan fingerprint density at radius 1 is 1.33 bits per heavy atom. The molecule has 1 heterocycles. The van der Waals surface area contributed by atoms with E-state index in [1.165, 1.54) is 16.4 Å². The van der Waals surface area contributed by atoms with Crippen LogP contribution in [0, 0.1) is 5.41 Å². The maximum absolute atomic E-state index is 5.58. The van der Waals surface area contributed by atoms with Crippen LogP contribution in [0.1, 0.15) is 13.8 Å². The molecule has 1 nitrogen and oxygen atoms in total. The third kappa shape index (κ3) is 1.21. The zero-order chi connectivity index (χ0) is 10.6. The average Bonchev–Trinajstić information content (AvgIpc) is 2.58. The Morgan fingerprint density at radius 3 is 2.93 bits per heavy atom. The quantitative estimate of drug-likeness (QED) is 0.701. The summed E-state index contributed by atoms with van der Waals surface area (Å²) in [7, 11) is 0. The molecule has 0 atom stereocenters. The highest BCUT2D eigenvalue weighted by Gasteiger charge is 2.28. The van der Waals surface area contributed by atoms with Crippen molar-refractivity contribution in [2.24, 2.45) is 5.41 Å². The van der Waals surface area contributed by atoms with Gasteiger partial charge in [-0.2, -0.15) is 0 Å². The Labute approximate surface area is 96.6 Å². The van der Waals surface area contributed by atoms with Crippen molar-refractivity contribution in [3.8, 4) is 0 Å². The van der Waals surface area contributed by atoms with E-state index in [0.29, 0.717) is 0 Å². The monoisotopic (exact) mass is 262 g/mol. The van der Waals surface area contributed by atoms with Crippen molar-refractivity contribution in [1.29, 1.82) is 0 Å². The highest BCUT2D eigenvalue weighted by Crippen LogP contribution is 2.38. The second kappa shape index (κ2) is 2.76. The molecule has 76 valence electrons. The van der Waals surface area contributed by atoms with E-state index < -0.39 is 0 Å². The van der Waals surface area contributed by atoms with Crippen molar-refractivity contribution in [2.45, 2.75) is 13.8 Å². The van der Waals surface area contributed by atoms with E-state index in [1.54, 1.807) is 0 Å². The number of fused-ring (bicyclic) bond motifs is 2. The van der Waals surface area contributed by atoms with Gasteiger partial charge in [0.1, 0.15) is 5.42 Å². The minimum Gasteiger partial charge on any atom is -0.449 e. The minimum absolute atomic E-state index is 0.0924. The summed E-state index contributed by atoms with van der Waals surface area (Å²) >= 11 is 3.37. The fourth-order valence-electron chi connectivity index (χ4n) is 2.37. The Morgan fingerprint density at radius 2 is 2.13 bits per heavy atom. The van der Waals surface area contributed by atoms with Gasteiger partial charge in [-0.25, -0.2) is 0 Å². The van der Waals surface area contributed by atoms with Gasteiger partial charge in [-0.3, -0.25) is 0 Å². The number of furan rings is 1. The van der Waals surface area contributed by atoms with Crippen LogP contribution < -0.4 is 10.6 Å². The molecule has 0 amide bonds. The van der Waals surface area contributed by atoms with Crippen molar-refractivity contribution < 1.29 is 4.42 Å². The fraction of sp³-hybridized carbons (Fsp3) is 0.231. The van der Waals surface area contributed by atoms with Crippen LogP contribution in [-0.4, -0.2) is 0 Å². The number of allylic oxidation sites excluding steroid dienone is 4.